The van der Waals surface area contributed by atoms with Gasteiger partial charge in [-0.2, -0.15) is 0 Å². The Morgan fingerprint density at radius 3 is 2.61 bits per heavy atom. The van der Waals surface area contributed by atoms with Gasteiger partial charge in [-0.25, -0.2) is 5.84 Å². The van der Waals surface area contributed by atoms with Gasteiger partial charge in [-0.05, 0) is 18.6 Å². The van der Waals surface area contributed by atoms with Crippen LogP contribution in [0.2, 0.25) is 0 Å². The van der Waals surface area contributed by atoms with Crippen molar-refractivity contribution in [2.45, 2.75) is 12.8 Å². The van der Waals surface area contributed by atoms with Crippen molar-refractivity contribution in [1.29, 1.82) is 0 Å². The first kappa shape index (κ1) is 14.1. The zero-order valence-corrected chi connectivity index (χ0v) is 10.6. The quantitative estimate of drug-likeness (QED) is 0.326. The predicted octanol–water partition coefficient (Wildman–Crippen LogP) is 0.853. The molecule has 0 aromatic heterocycles. The van der Waals surface area contributed by atoms with Crippen molar-refractivity contribution in [3.63, 3.8) is 0 Å². The third-order valence-corrected chi connectivity index (χ3v) is 2.33. The Hall–Kier alpha value is -1.95. The molecule has 0 saturated carbocycles. The molecule has 0 spiro atoms. The number of hydrogen-bond acceptors (Lipinski definition) is 5. The Morgan fingerprint density at radius 2 is 2.00 bits per heavy atom. The summed E-state index contributed by atoms with van der Waals surface area (Å²) < 4.78 is 15.9. The van der Waals surface area contributed by atoms with Crippen molar-refractivity contribution in [2.24, 2.45) is 5.84 Å². The van der Waals surface area contributed by atoms with Crippen molar-refractivity contribution in [1.82, 2.24) is 5.43 Å². The van der Waals surface area contributed by atoms with Crippen molar-refractivity contribution >= 4 is 5.91 Å². The largest absolute Gasteiger partial charge is 0.493 e. The number of nitrogens with one attached hydrogen (secondary N) is 1. The Morgan fingerprint density at radius 1 is 1.28 bits per heavy atom. The highest BCUT2D eigenvalue weighted by atomic mass is 16.5. The van der Waals surface area contributed by atoms with E-state index in [0.29, 0.717) is 36.7 Å². The lowest BCUT2D eigenvalue weighted by atomic mass is 10.3. The van der Waals surface area contributed by atoms with Gasteiger partial charge in [0.2, 0.25) is 11.7 Å². The van der Waals surface area contributed by atoms with E-state index in [9.17, 15) is 4.79 Å². The Kier molecular flexibility index (Phi) is 5.79. The van der Waals surface area contributed by atoms with Crippen molar-refractivity contribution in [3.05, 3.63) is 18.2 Å². The van der Waals surface area contributed by atoms with Gasteiger partial charge in [0.25, 0.3) is 0 Å². The molecule has 0 aliphatic rings. The van der Waals surface area contributed by atoms with Crippen molar-refractivity contribution in [2.75, 3.05) is 20.8 Å². The first-order chi connectivity index (χ1) is 8.72. The van der Waals surface area contributed by atoms with Gasteiger partial charge in [0.05, 0.1) is 20.8 Å². The highest BCUT2D eigenvalue weighted by molar-refractivity contribution is 5.75. The van der Waals surface area contributed by atoms with Crippen LogP contribution in [0.3, 0.4) is 0 Å². The molecule has 3 N–H and O–H groups in total. The van der Waals surface area contributed by atoms with E-state index in [1.807, 2.05) is 6.07 Å². The topological polar surface area (TPSA) is 82.8 Å². The average Bonchev–Trinajstić information content (AvgIpc) is 2.42. The molecule has 0 fully saturated rings. The van der Waals surface area contributed by atoms with Crippen LogP contribution in [0.15, 0.2) is 18.2 Å². The van der Waals surface area contributed by atoms with E-state index >= 15 is 0 Å². The lowest BCUT2D eigenvalue weighted by Crippen LogP contribution is -2.29. The SMILES string of the molecule is COc1cccc(OCCCC(=O)NN)c1OC. The summed E-state index contributed by atoms with van der Waals surface area (Å²) in [5.41, 5.74) is 2.07. The maximum atomic E-state index is 10.9. The molecule has 0 aliphatic carbocycles. The summed E-state index contributed by atoms with van der Waals surface area (Å²) in [7, 11) is 3.11. The molecule has 1 aromatic carbocycles. The number of rotatable bonds is 7. The van der Waals surface area contributed by atoms with Gasteiger partial charge in [-0.15, -0.1) is 0 Å². The molecule has 1 rings (SSSR count). The molecule has 6 nitrogen and oxygen atoms in total. The minimum atomic E-state index is -0.212. The van der Waals surface area contributed by atoms with E-state index < -0.39 is 0 Å². The molecule has 18 heavy (non-hydrogen) atoms. The van der Waals surface area contributed by atoms with Crippen LogP contribution < -0.4 is 25.5 Å². The monoisotopic (exact) mass is 254 g/mol. The summed E-state index contributed by atoms with van der Waals surface area (Å²) in [6, 6.07) is 5.38. The fourth-order valence-electron chi connectivity index (χ4n) is 1.46. The number of para-hydroxylation sites is 1. The van der Waals surface area contributed by atoms with E-state index in [2.05, 4.69) is 5.43 Å². The zero-order chi connectivity index (χ0) is 13.4. The third kappa shape index (κ3) is 3.81. The van der Waals surface area contributed by atoms with Crippen LogP contribution >= 0.6 is 0 Å². The first-order valence-corrected chi connectivity index (χ1v) is 5.56. The number of benzene rings is 1. The summed E-state index contributed by atoms with van der Waals surface area (Å²) >= 11 is 0. The fraction of sp³-hybridized carbons (Fsp3) is 0.417. The van der Waals surface area contributed by atoms with Crippen LogP contribution in [0.25, 0.3) is 0 Å². The normalized spacial score (nSPS) is 9.72. The number of ether oxygens (including phenoxy) is 3. The van der Waals surface area contributed by atoms with Crippen LogP contribution in [-0.4, -0.2) is 26.7 Å². The predicted molar refractivity (Wildman–Crippen MR) is 66.6 cm³/mol. The maximum absolute atomic E-state index is 10.9. The lowest BCUT2D eigenvalue weighted by molar-refractivity contribution is -0.121. The molecule has 1 aromatic rings. The number of carbonyl (C=O) groups excluding carboxylic acids is 1. The molecule has 0 bridgehead atoms. The molecule has 0 atom stereocenters. The Labute approximate surface area is 106 Å². The molecule has 100 valence electrons. The number of hydrogen-bond donors (Lipinski definition) is 2. The highest BCUT2D eigenvalue weighted by Crippen LogP contribution is 2.36. The summed E-state index contributed by atoms with van der Waals surface area (Å²) in [5, 5.41) is 0. The second kappa shape index (κ2) is 7.39. The number of carbonyl (C=O) groups is 1. The lowest BCUT2D eigenvalue weighted by Gasteiger charge is -2.13. The standard InChI is InChI=1S/C12H18N2O4/c1-16-9-5-3-6-10(12(9)17-2)18-8-4-7-11(15)14-13/h3,5-6H,4,7-8,13H2,1-2H3,(H,14,15). The van der Waals surface area contributed by atoms with Crippen LogP contribution in [-0.2, 0) is 4.79 Å². The molecule has 0 unspecified atom stereocenters. The summed E-state index contributed by atoms with van der Waals surface area (Å²) in [6.45, 7) is 0.400. The molecule has 6 heteroatoms. The summed E-state index contributed by atoms with van der Waals surface area (Å²) in [5.74, 6) is 6.50. The minimum Gasteiger partial charge on any atom is -0.493 e. The van der Waals surface area contributed by atoms with Gasteiger partial charge in [0.15, 0.2) is 11.5 Å². The molecule has 0 heterocycles. The smallest absolute Gasteiger partial charge is 0.234 e. The van der Waals surface area contributed by atoms with Gasteiger partial charge in [0.1, 0.15) is 0 Å². The van der Waals surface area contributed by atoms with Gasteiger partial charge in [-0.3, -0.25) is 10.2 Å². The van der Waals surface area contributed by atoms with E-state index in [4.69, 9.17) is 20.1 Å². The molecular weight excluding hydrogens is 236 g/mol. The highest BCUT2D eigenvalue weighted by Gasteiger charge is 2.10. The van der Waals surface area contributed by atoms with Crippen LogP contribution in [0.5, 0.6) is 17.2 Å². The second-order valence-corrected chi connectivity index (χ2v) is 3.51. The zero-order valence-electron chi connectivity index (χ0n) is 10.6. The second-order valence-electron chi connectivity index (χ2n) is 3.51. The van der Waals surface area contributed by atoms with Crippen molar-refractivity contribution in [3.8, 4) is 17.2 Å². The Balaban J connectivity index is 2.54. The number of nitrogens with two attached hydrogens (primary N) is 1. The summed E-state index contributed by atoms with van der Waals surface area (Å²) in [6.07, 6.45) is 0.895. The molecule has 0 aliphatic heterocycles. The van der Waals surface area contributed by atoms with E-state index in [0.717, 1.165) is 0 Å². The van der Waals surface area contributed by atoms with Gasteiger partial charge < -0.3 is 14.2 Å². The molecular formula is C12H18N2O4. The van der Waals surface area contributed by atoms with Gasteiger partial charge in [-0.1, -0.05) is 6.07 Å². The van der Waals surface area contributed by atoms with E-state index in [-0.39, 0.29) is 5.91 Å². The van der Waals surface area contributed by atoms with Crippen LogP contribution in [0, 0.1) is 0 Å². The first-order valence-electron chi connectivity index (χ1n) is 5.56. The van der Waals surface area contributed by atoms with Crippen LogP contribution in [0.4, 0.5) is 0 Å². The fourth-order valence-corrected chi connectivity index (χ4v) is 1.46. The van der Waals surface area contributed by atoms with Gasteiger partial charge in [0, 0.05) is 6.42 Å². The van der Waals surface area contributed by atoms with E-state index in [1.165, 1.54) is 0 Å². The van der Waals surface area contributed by atoms with Crippen LogP contribution in [0.1, 0.15) is 12.8 Å². The minimum absolute atomic E-state index is 0.212. The van der Waals surface area contributed by atoms with Crippen molar-refractivity contribution < 1.29 is 19.0 Å². The Bertz CT molecular complexity index is 396. The van der Waals surface area contributed by atoms with Gasteiger partial charge >= 0.3 is 0 Å². The molecule has 0 saturated heterocycles. The molecule has 1 amide bonds. The molecule has 0 radical (unpaired) electrons. The number of hydrazine groups is 1. The third-order valence-electron chi connectivity index (χ3n) is 2.33. The number of methoxy groups -OCH3 is 2. The maximum Gasteiger partial charge on any atom is 0.234 e. The number of amides is 1. The summed E-state index contributed by atoms with van der Waals surface area (Å²) in [4.78, 5) is 10.9. The van der Waals surface area contributed by atoms with E-state index in [1.54, 1.807) is 26.4 Å². The average molecular weight is 254 g/mol.